The SMILES string of the molecule is Cc1cccc(CN(C)C(=O)N(C)CC(=O)O)c1. The third-order valence-corrected chi connectivity index (χ3v) is 2.53. The van der Waals surface area contributed by atoms with Crippen molar-refractivity contribution >= 4 is 12.0 Å². The molecule has 0 aliphatic carbocycles. The van der Waals surface area contributed by atoms with Gasteiger partial charge in [-0.2, -0.15) is 0 Å². The Hall–Kier alpha value is -2.04. The van der Waals surface area contributed by atoms with Crippen LogP contribution in [0.5, 0.6) is 0 Å². The lowest BCUT2D eigenvalue weighted by Crippen LogP contribution is -2.40. The van der Waals surface area contributed by atoms with Gasteiger partial charge in [-0.05, 0) is 12.5 Å². The molecule has 18 heavy (non-hydrogen) atoms. The van der Waals surface area contributed by atoms with Crippen molar-refractivity contribution < 1.29 is 14.7 Å². The quantitative estimate of drug-likeness (QED) is 0.882. The molecule has 1 N–H and O–H groups in total. The van der Waals surface area contributed by atoms with E-state index in [1.54, 1.807) is 7.05 Å². The Balaban J connectivity index is 2.62. The Bertz CT molecular complexity index is 446. The molecule has 98 valence electrons. The number of urea groups is 1. The Morgan fingerprint density at radius 1 is 1.22 bits per heavy atom. The van der Waals surface area contributed by atoms with Crippen LogP contribution in [-0.2, 0) is 11.3 Å². The zero-order valence-corrected chi connectivity index (χ0v) is 10.9. The largest absolute Gasteiger partial charge is 0.480 e. The molecule has 5 heteroatoms. The van der Waals surface area contributed by atoms with Gasteiger partial charge in [0.05, 0.1) is 0 Å². The number of carbonyl (C=O) groups is 2. The number of aliphatic carboxylic acids is 1. The van der Waals surface area contributed by atoms with Gasteiger partial charge < -0.3 is 14.9 Å². The molecule has 0 aromatic heterocycles. The van der Waals surface area contributed by atoms with Crippen molar-refractivity contribution in [2.45, 2.75) is 13.5 Å². The number of rotatable bonds is 4. The maximum absolute atomic E-state index is 11.9. The molecule has 2 amide bonds. The van der Waals surface area contributed by atoms with Crippen LogP contribution in [0, 0.1) is 6.92 Å². The minimum atomic E-state index is -1.02. The average Bonchev–Trinajstić information content (AvgIpc) is 2.27. The van der Waals surface area contributed by atoms with Crippen LogP contribution in [0.2, 0.25) is 0 Å². The van der Waals surface area contributed by atoms with E-state index in [0.717, 1.165) is 11.1 Å². The van der Waals surface area contributed by atoms with Crippen LogP contribution in [-0.4, -0.2) is 47.5 Å². The summed E-state index contributed by atoms with van der Waals surface area (Å²) < 4.78 is 0. The van der Waals surface area contributed by atoms with Gasteiger partial charge in [0.25, 0.3) is 0 Å². The molecule has 0 fully saturated rings. The second-order valence-corrected chi connectivity index (χ2v) is 4.38. The summed E-state index contributed by atoms with van der Waals surface area (Å²) in [5.41, 5.74) is 2.15. The van der Waals surface area contributed by atoms with Crippen molar-refractivity contribution in [3.8, 4) is 0 Å². The van der Waals surface area contributed by atoms with Crippen molar-refractivity contribution in [1.82, 2.24) is 9.80 Å². The monoisotopic (exact) mass is 250 g/mol. The van der Waals surface area contributed by atoms with Gasteiger partial charge >= 0.3 is 12.0 Å². The van der Waals surface area contributed by atoms with Crippen LogP contribution in [0.1, 0.15) is 11.1 Å². The van der Waals surface area contributed by atoms with Gasteiger partial charge in [-0.1, -0.05) is 29.8 Å². The Kier molecular flexibility index (Phi) is 4.71. The van der Waals surface area contributed by atoms with E-state index < -0.39 is 5.97 Å². The van der Waals surface area contributed by atoms with Gasteiger partial charge in [-0.3, -0.25) is 4.79 Å². The van der Waals surface area contributed by atoms with E-state index in [1.807, 2.05) is 31.2 Å². The molecule has 0 saturated carbocycles. The normalized spacial score (nSPS) is 9.94. The predicted molar refractivity (Wildman–Crippen MR) is 68.3 cm³/mol. The number of aryl methyl sites for hydroxylation is 1. The fraction of sp³-hybridized carbons (Fsp3) is 0.385. The van der Waals surface area contributed by atoms with Crippen LogP contribution >= 0.6 is 0 Å². The van der Waals surface area contributed by atoms with E-state index >= 15 is 0 Å². The van der Waals surface area contributed by atoms with Gasteiger partial charge in [0.15, 0.2) is 0 Å². The number of hydrogen-bond acceptors (Lipinski definition) is 2. The van der Waals surface area contributed by atoms with Crippen molar-refractivity contribution in [2.75, 3.05) is 20.6 Å². The van der Waals surface area contributed by atoms with Gasteiger partial charge in [0.1, 0.15) is 6.54 Å². The predicted octanol–water partition coefficient (Wildman–Crippen LogP) is 1.56. The summed E-state index contributed by atoms with van der Waals surface area (Å²) in [4.78, 5) is 25.1. The number of amides is 2. The van der Waals surface area contributed by atoms with Crippen LogP contribution < -0.4 is 0 Å². The molecular weight excluding hydrogens is 232 g/mol. The molecular formula is C13H18N2O3. The first kappa shape index (κ1) is 14.0. The fourth-order valence-corrected chi connectivity index (χ4v) is 1.71. The summed E-state index contributed by atoms with van der Waals surface area (Å²) in [6.45, 7) is 2.16. The summed E-state index contributed by atoms with van der Waals surface area (Å²) >= 11 is 0. The Morgan fingerprint density at radius 3 is 2.44 bits per heavy atom. The number of carbonyl (C=O) groups excluding carboxylic acids is 1. The molecule has 0 heterocycles. The van der Waals surface area contributed by atoms with Crippen LogP contribution in [0.15, 0.2) is 24.3 Å². The van der Waals surface area contributed by atoms with Crippen molar-refractivity contribution in [1.29, 1.82) is 0 Å². The molecule has 0 unspecified atom stereocenters. The minimum Gasteiger partial charge on any atom is -0.480 e. The highest BCUT2D eigenvalue weighted by atomic mass is 16.4. The second-order valence-electron chi connectivity index (χ2n) is 4.38. The molecule has 0 aliphatic rings. The van der Waals surface area contributed by atoms with Gasteiger partial charge in [-0.15, -0.1) is 0 Å². The molecule has 0 saturated heterocycles. The number of benzene rings is 1. The number of carboxylic acid groups (broad SMARTS) is 1. The van der Waals surface area contributed by atoms with Crippen LogP contribution in [0.4, 0.5) is 4.79 Å². The molecule has 0 atom stereocenters. The third kappa shape index (κ3) is 4.08. The van der Waals surface area contributed by atoms with E-state index in [9.17, 15) is 9.59 Å². The van der Waals surface area contributed by atoms with Gasteiger partial charge in [0.2, 0.25) is 0 Å². The van der Waals surface area contributed by atoms with E-state index in [4.69, 9.17) is 5.11 Å². The molecule has 1 rings (SSSR count). The molecule has 1 aromatic rings. The van der Waals surface area contributed by atoms with E-state index in [0.29, 0.717) is 6.54 Å². The lowest BCUT2D eigenvalue weighted by atomic mass is 10.1. The van der Waals surface area contributed by atoms with Crippen LogP contribution in [0.25, 0.3) is 0 Å². The van der Waals surface area contributed by atoms with E-state index in [1.165, 1.54) is 16.8 Å². The fourth-order valence-electron chi connectivity index (χ4n) is 1.71. The Morgan fingerprint density at radius 2 is 1.89 bits per heavy atom. The van der Waals surface area contributed by atoms with Crippen molar-refractivity contribution in [2.24, 2.45) is 0 Å². The van der Waals surface area contributed by atoms with E-state index in [2.05, 4.69) is 0 Å². The number of nitrogens with zero attached hydrogens (tertiary/aromatic N) is 2. The number of hydrogen-bond donors (Lipinski definition) is 1. The number of carboxylic acids is 1. The summed E-state index contributed by atoms with van der Waals surface area (Å²) in [6.07, 6.45) is 0. The molecule has 0 bridgehead atoms. The minimum absolute atomic E-state index is 0.295. The van der Waals surface area contributed by atoms with Crippen LogP contribution in [0.3, 0.4) is 0 Å². The zero-order chi connectivity index (χ0) is 13.7. The lowest BCUT2D eigenvalue weighted by molar-refractivity contribution is -0.137. The first-order valence-corrected chi connectivity index (χ1v) is 5.63. The molecule has 0 aliphatic heterocycles. The molecule has 0 radical (unpaired) electrons. The zero-order valence-electron chi connectivity index (χ0n) is 10.9. The first-order chi connectivity index (χ1) is 8.40. The van der Waals surface area contributed by atoms with Gasteiger partial charge in [-0.25, -0.2) is 4.79 Å². The van der Waals surface area contributed by atoms with Crippen molar-refractivity contribution in [3.05, 3.63) is 35.4 Å². The summed E-state index contributed by atoms with van der Waals surface area (Å²) in [5, 5.41) is 8.63. The molecule has 5 nitrogen and oxygen atoms in total. The third-order valence-electron chi connectivity index (χ3n) is 2.53. The standard InChI is InChI=1S/C13H18N2O3/c1-10-5-4-6-11(7-10)8-14(2)13(18)15(3)9-12(16)17/h4-7H,8-9H2,1-3H3,(H,16,17). The second kappa shape index (κ2) is 6.05. The summed E-state index contributed by atoms with van der Waals surface area (Å²) in [6, 6.07) is 7.56. The lowest BCUT2D eigenvalue weighted by Gasteiger charge is -2.23. The topological polar surface area (TPSA) is 60.9 Å². The summed E-state index contributed by atoms with van der Waals surface area (Å²) in [5.74, 6) is -1.02. The Labute approximate surface area is 107 Å². The van der Waals surface area contributed by atoms with Crippen molar-refractivity contribution in [3.63, 3.8) is 0 Å². The van der Waals surface area contributed by atoms with E-state index in [-0.39, 0.29) is 12.6 Å². The molecule has 1 aromatic carbocycles. The maximum Gasteiger partial charge on any atom is 0.323 e. The highest BCUT2D eigenvalue weighted by Crippen LogP contribution is 2.07. The summed E-state index contributed by atoms with van der Waals surface area (Å²) in [7, 11) is 3.13. The highest BCUT2D eigenvalue weighted by Gasteiger charge is 2.16. The van der Waals surface area contributed by atoms with Gasteiger partial charge in [0, 0.05) is 20.6 Å². The molecule has 0 spiro atoms. The highest BCUT2D eigenvalue weighted by molar-refractivity contribution is 5.79. The average molecular weight is 250 g/mol. The first-order valence-electron chi connectivity index (χ1n) is 5.63. The number of likely N-dealkylation sites (N-methyl/N-ethyl adjacent to an activating group) is 1. The maximum atomic E-state index is 11.9. The smallest absolute Gasteiger partial charge is 0.323 e.